The molecular weight excluding hydrogens is 414 g/mol. The van der Waals surface area contributed by atoms with Gasteiger partial charge in [-0.2, -0.15) is 5.10 Å². The highest BCUT2D eigenvalue weighted by atomic mass is 28.3. The lowest BCUT2D eigenvalue weighted by atomic mass is 9.83. The summed E-state index contributed by atoms with van der Waals surface area (Å²) in [5, 5.41) is 8.48. The zero-order chi connectivity index (χ0) is 22.4. The molecule has 0 bridgehead atoms. The Balaban J connectivity index is 1.20. The largest absolute Gasteiger partial charge is 0.377 e. The maximum atomic E-state index is 6.40. The van der Waals surface area contributed by atoms with Crippen molar-refractivity contribution in [2.24, 2.45) is 0 Å². The van der Waals surface area contributed by atoms with Crippen molar-refractivity contribution in [2.45, 2.75) is 88.5 Å². The highest BCUT2D eigenvalue weighted by Gasteiger charge is 2.31. The van der Waals surface area contributed by atoms with Crippen molar-refractivity contribution in [1.82, 2.24) is 15.1 Å². The van der Waals surface area contributed by atoms with Gasteiger partial charge in [0.05, 0.1) is 18.4 Å². The molecule has 1 saturated carbocycles. The molecule has 1 N–H and O–H groups in total. The number of benzene rings is 1. The monoisotopic (exact) mass is 455 g/mol. The molecule has 176 valence electrons. The molecule has 0 amide bonds. The lowest BCUT2D eigenvalue weighted by molar-refractivity contribution is 0.0127. The molecule has 0 spiro atoms. The third-order valence-electron chi connectivity index (χ3n) is 7.07. The number of hydrogen-bond acceptors (Lipinski definition) is 4. The fourth-order valence-corrected chi connectivity index (χ4v) is 5.76. The first-order valence-electron chi connectivity index (χ1n) is 12.5. The van der Waals surface area contributed by atoms with Gasteiger partial charge in [0.25, 0.3) is 0 Å². The first kappa shape index (κ1) is 23.7. The summed E-state index contributed by atoms with van der Waals surface area (Å²) >= 11 is 0. The topological polar surface area (TPSA) is 48.3 Å². The Morgan fingerprint density at radius 1 is 1.03 bits per heavy atom. The number of rotatable bonds is 10. The van der Waals surface area contributed by atoms with E-state index in [9.17, 15) is 0 Å². The molecule has 0 radical (unpaired) electrons. The lowest BCUT2D eigenvalue weighted by Crippen LogP contribution is -2.34. The summed E-state index contributed by atoms with van der Waals surface area (Å²) in [5.74, 6) is 1.13. The minimum absolute atomic E-state index is 0.359. The van der Waals surface area contributed by atoms with Crippen LogP contribution in [0.4, 0.5) is 0 Å². The fourth-order valence-electron chi connectivity index (χ4n) is 5.01. The molecule has 1 saturated heterocycles. The van der Waals surface area contributed by atoms with Crippen LogP contribution in [0.3, 0.4) is 0 Å². The van der Waals surface area contributed by atoms with Gasteiger partial charge in [0.2, 0.25) is 0 Å². The van der Waals surface area contributed by atoms with Crippen LogP contribution in [0, 0.1) is 0 Å². The standard InChI is InChI=1S/C26H41N3O2Si/c1-32(2,3)18-17-30-20-29-16-14-25(28-29)24-13-15-27-26(24)19-31-23-11-9-22(10-12-23)21-7-5-4-6-8-21/h4-8,14,16,22-24,26-27H,9-13,15,17-20H2,1-3H3/t22?,23?,24-,26+/m1/s1. The van der Waals surface area contributed by atoms with E-state index in [2.05, 4.69) is 67.6 Å². The number of hydrogen-bond donors (Lipinski definition) is 1. The molecule has 5 nitrogen and oxygen atoms in total. The van der Waals surface area contributed by atoms with Crippen LogP contribution in [0.15, 0.2) is 42.6 Å². The highest BCUT2D eigenvalue weighted by Crippen LogP contribution is 2.34. The zero-order valence-electron chi connectivity index (χ0n) is 20.1. The van der Waals surface area contributed by atoms with Crippen LogP contribution in [0.1, 0.15) is 55.2 Å². The molecule has 2 aromatic rings. The van der Waals surface area contributed by atoms with Crippen LogP contribution in [0.5, 0.6) is 0 Å². The molecule has 0 unspecified atom stereocenters. The van der Waals surface area contributed by atoms with Crippen molar-refractivity contribution in [3.63, 3.8) is 0 Å². The second-order valence-corrected chi connectivity index (χ2v) is 16.4. The first-order chi connectivity index (χ1) is 15.5. The summed E-state index contributed by atoms with van der Waals surface area (Å²) in [5.41, 5.74) is 2.66. The van der Waals surface area contributed by atoms with E-state index in [1.165, 1.54) is 43.0 Å². The lowest BCUT2D eigenvalue weighted by Gasteiger charge is -2.30. The number of nitrogens with zero attached hydrogens (tertiary/aromatic N) is 2. The number of ether oxygens (including phenoxy) is 2. The summed E-state index contributed by atoms with van der Waals surface area (Å²) < 4.78 is 14.2. The molecular formula is C26H41N3O2Si. The molecule has 2 aliphatic rings. The second-order valence-electron chi connectivity index (χ2n) is 10.8. The summed E-state index contributed by atoms with van der Waals surface area (Å²) in [6.07, 6.45) is 8.39. The van der Waals surface area contributed by atoms with Gasteiger partial charge in [-0.05, 0) is 62.2 Å². The van der Waals surface area contributed by atoms with Crippen LogP contribution in [0.2, 0.25) is 25.7 Å². The SMILES string of the molecule is C[Si](C)(C)CCOCn1ccc([C@H]2CCN[C@H]2COC2CCC(c3ccccc3)CC2)n1. The van der Waals surface area contributed by atoms with Gasteiger partial charge in [-0.3, -0.25) is 0 Å². The number of nitrogens with one attached hydrogen (secondary N) is 1. The van der Waals surface area contributed by atoms with E-state index < -0.39 is 8.07 Å². The quantitative estimate of drug-likeness (QED) is 0.386. The maximum Gasteiger partial charge on any atom is 0.139 e. The third-order valence-corrected chi connectivity index (χ3v) is 8.77. The Kier molecular flexibility index (Phi) is 8.21. The molecule has 1 aromatic carbocycles. The van der Waals surface area contributed by atoms with Gasteiger partial charge >= 0.3 is 0 Å². The van der Waals surface area contributed by atoms with E-state index in [1.807, 2.05) is 4.68 Å². The van der Waals surface area contributed by atoms with E-state index >= 15 is 0 Å². The minimum Gasteiger partial charge on any atom is -0.377 e. The maximum absolute atomic E-state index is 6.40. The Morgan fingerprint density at radius 2 is 1.81 bits per heavy atom. The summed E-state index contributed by atoms with van der Waals surface area (Å²) in [6.45, 7) is 10.4. The van der Waals surface area contributed by atoms with E-state index in [-0.39, 0.29) is 0 Å². The average molecular weight is 456 g/mol. The van der Waals surface area contributed by atoms with E-state index in [0.717, 1.165) is 26.2 Å². The predicted molar refractivity (Wildman–Crippen MR) is 133 cm³/mol. The molecule has 1 aromatic heterocycles. The summed E-state index contributed by atoms with van der Waals surface area (Å²) in [6, 6.07) is 14.7. The highest BCUT2D eigenvalue weighted by molar-refractivity contribution is 6.76. The Morgan fingerprint density at radius 3 is 2.56 bits per heavy atom. The normalized spacial score (nSPS) is 26.5. The average Bonchev–Trinajstić information content (AvgIpc) is 3.45. The van der Waals surface area contributed by atoms with E-state index in [0.29, 0.717) is 30.7 Å². The summed E-state index contributed by atoms with van der Waals surface area (Å²) in [4.78, 5) is 0. The van der Waals surface area contributed by atoms with Crippen LogP contribution >= 0.6 is 0 Å². The van der Waals surface area contributed by atoms with Crippen molar-refractivity contribution in [3.05, 3.63) is 53.9 Å². The second kappa shape index (κ2) is 11.1. The Bertz CT molecular complexity index is 812. The van der Waals surface area contributed by atoms with Crippen molar-refractivity contribution in [2.75, 3.05) is 19.8 Å². The van der Waals surface area contributed by atoms with Crippen LogP contribution in [-0.2, 0) is 16.2 Å². The molecule has 4 rings (SSSR count). The number of aromatic nitrogens is 2. The third kappa shape index (κ3) is 6.76. The molecule has 6 heteroatoms. The summed E-state index contributed by atoms with van der Waals surface area (Å²) in [7, 11) is -1.04. The predicted octanol–water partition coefficient (Wildman–Crippen LogP) is 5.38. The van der Waals surface area contributed by atoms with Gasteiger partial charge in [0.15, 0.2) is 0 Å². The van der Waals surface area contributed by atoms with E-state index in [1.54, 1.807) is 0 Å². The molecule has 1 aliphatic heterocycles. The van der Waals surface area contributed by atoms with Crippen LogP contribution < -0.4 is 5.32 Å². The first-order valence-corrected chi connectivity index (χ1v) is 16.2. The smallest absolute Gasteiger partial charge is 0.139 e. The molecule has 1 aliphatic carbocycles. The van der Waals surface area contributed by atoms with Gasteiger partial charge in [-0.1, -0.05) is 50.0 Å². The Labute approximate surface area is 194 Å². The van der Waals surface area contributed by atoms with Crippen LogP contribution in [-0.4, -0.2) is 49.8 Å². The van der Waals surface area contributed by atoms with Crippen molar-refractivity contribution >= 4 is 8.07 Å². The molecule has 2 heterocycles. The van der Waals surface area contributed by atoms with Crippen molar-refractivity contribution in [1.29, 1.82) is 0 Å². The Hall–Kier alpha value is -1.47. The molecule has 32 heavy (non-hydrogen) atoms. The van der Waals surface area contributed by atoms with Gasteiger partial charge in [0.1, 0.15) is 6.73 Å². The van der Waals surface area contributed by atoms with E-state index in [4.69, 9.17) is 14.6 Å². The zero-order valence-corrected chi connectivity index (χ0v) is 21.1. The fraction of sp³-hybridized carbons (Fsp3) is 0.654. The minimum atomic E-state index is -1.04. The van der Waals surface area contributed by atoms with Gasteiger partial charge in [-0.15, -0.1) is 0 Å². The van der Waals surface area contributed by atoms with Gasteiger partial charge < -0.3 is 14.8 Å². The van der Waals surface area contributed by atoms with Gasteiger partial charge in [-0.25, -0.2) is 4.68 Å². The molecule has 2 atom stereocenters. The van der Waals surface area contributed by atoms with Crippen molar-refractivity contribution in [3.8, 4) is 0 Å². The van der Waals surface area contributed by atoms with Gasteiger partial charge in [0, 0.05) is 32.8 Å². The van der Waals surface area contributed by atoms with Crippen molar-refractivity contribution < 1.29 is 9.47 Å². The molecule has 2 fully saturated rings. The van der Waals surface area contributed by atoms with Crippen LogP contribution in [0.25, 0.3) is 0 Å².